The van der Waals surface area contributed by atoms with Crippen molar-refractivity contribution in [3.63, 3.8) is 0 Å². The largest absolute Gasteiger partial charge is 0.329 e. The van der Waals surface area contributed by atoms with Crippen LogP contribution in [0.4, 0.5) is 0 Å². The number of nitrogens with zero attached hydrogens (tertiary/aromatic N) is 2. The molecule has 1 N–H and O–H groups in total. The quantitative estimate of drug-likeness (QED) is 0.717. The predicted octanol–water partition coefficient (Wildman–Crippen LogP) is 4.42. The van der Waals surface area contributed by atoms with E-state index in [9.17, 15) is 9.59 Å². The molecule has 7 heteroatoms. The third-order valence-corrected chi connectivity index (χ3v) is 5.24. The molecule has 0 radical (unpaired) electrons. The fourth-order valence-corrected chi connectivity index (χ4v) is 3.66. The van der Waals surface area contributed by atoms with E-state index >= 15 is 0 Å². The minimum atomic E-state index is -0.557. The number of hydrogen-bond donors (Lipinski definition) is 1. The Labute approximate surface area is 160 Å². The number of pyridine rings is 1. The van der Waals surface area contributed by atoms with Crippen LogP contribution in [0.15, 0.2) is 41.3 Å². The third-order valence-electron chi connectivity index (χ3n) is 3.94. The molecule has 0 aliphatic heterocycles. The van der Waals surface area contributed by atoms with Crippen LogP contribution >= 0.6 is 22.9 Å². The number of aryl methyl sites for hydroxylation is 2. The molecule has 3 aromatic rings. The van der Waals surface area contributed by atoms with Gasteiger partial charge in [0.2, 0.25) is 5.56 Å². The van der Waals surface area contributed by atoms with Gasteiger partial charge in [-0.25, -0.2) is 4.68 Å². The zero-order chi connectivity index (χ0) is 18.9. The lowest BCUT2D eigenvalue weighted by molar-refractivity contribution is 0.0745. The Hall–Kier alpha value is -2.18. The summed E-state index contributed by atoms with van der Waals surface area (Å²) < 4.78 is 2.23. The Bertz CT molecular complexity index is 995. The van der Waals surface area contributed by atoms with Gasteiger partial charge in [-0.05, 0) is 37.1 Å². The van der Waals surface area contributed by atoms with E-state index in [0.29, 0.717) is 17.7 Å². The van der Waals surface area contributed by atoms with Crippen LogP contribution in [-0.2, 0) is 12.8 Å². The lowest BCUT2D eigenvalue weighted by Gasteiger charge is -2.17. The van der Waals surface area contributed by atoms with Gasteiger partial charge in [-0.1, -0.05) is 32.4 Å². The molecule has 0 unspecified atom stereocenters. The number of H-pyrrole nitrogens is 1. The Morgan fingerprint density at radius 3 is 2.62 bits per heavy atom. The average Bonchev–Trinajstić information content (AvgIpc) is 3.17. The number of carbonyl (C=O) groups excluding carboxylic acids is 1. The summed E-state index contributed by atoms with van der Waals surface area (Å²) in [7, 11) is 0. The molecule has 26 heavy (non-hydrogen) atoms. The Kier molecular flexibility index (Phi) is 5.16. The van der Waals surface area contributed by atoms with Gasteiger partial charge >= 0.3 is 0 Å². The van der Waals surface area contributed by atoms with Crippen molar-refractivity contribution in [3.8, 4) is 11.3 Å². The van der Waals surface area contributed by atoms with Crippen molar-refractivity contribution >= 4 is 28.8 Å². The summed E-state index contributed by atoms with van der Waals surface area (Å²) in [6.45, 7) is 5.60. The van der Waals surface area contributed by atoms with E-state index in [1.165, 1.54) is 22.1 Å². The maximum absolute atomic E-state index is 12.8. The Morgan fingerprint density at radius 2 is 2.00 bits per heavy atom. The number of rotatable bonds is 4. The van der Waals surface area contributed by atoms with Crippen LogP contribution in [0, 0.1) is 5.41 Å². The van der Waals surface area contributed by atoms with E-state index in [0.717, 1.165) is 21.3 Å². The van der Waals surface area contributed by atoms with Gasteiger partial charge in [-0.3, -0.25) is 9.59 Å². The lowest BCUT2D eigenvalue weighted by atomic mass is 9.95. The molecule has 3 heterocycles. The summed E-state index contributed by atoms with van der Waals surface area (Å²) in [4.78, 5) is 28.2. The summed E-state index contributed by atoms with van der Waals surface area (Å²) in [5.41, 5.74) is 1.37. The second-order valence-electron chi connectivity index (χ2n) is 7.14. The van der Waals surface area contributed by atoms with Crippen molar-refractivity contribution in [2.24, 2.45) is 5.41 Å². The SMILES string of the molecule is CC(C)(C)C(=O)n1nc(-c2cc[nH]c(=O)c2)cc1CCc1ccc(Cl)s1. The summed E-state index contributed by atoms with van der Waals surface area (Å²) in [5.74, 6) is -0.0761. The smallest absolute Gasteiger partial charge is 0.252 e. The summed E-state index contributed by atoms with van der Waals surface area (Å²) >= 11 is 7.53. The van der Waals surface area contributed by atoms with Crippen LogP contribution in [0.5, 0.6) is 0 Å². The average molecular weight is 390 g/mol. The first-order chi connectivity index (χ1) is 12.2. The fraction of sp³-hybridized carbons (Fsp3) is 0.316. The topological polar surface area (TPSA) is 67.8 Å². The Balaban J connectivity index is 1.97. The van der Waals surface area contributed by atoms with Crippen LogP contribution < -0.4 is 5.56 Å². The highest BCUT2D eigenvalue weighted by atomic mass is 35.5. The highest BCUT2D eigenvalue weighted by Crippen LogP contribution is 2.26. The molecular formula is C19H20ClN3O2S. The predicted molar refractivity (Wildman–Crippen MR) is 105 cm³/mol. The lowest BCUT2D eigenvalue weighted by Crippen LogP contribution is -2.29. The molecule has 0 fully saturated rings. The molecule has 0 aliphatic carbocycles. The number of nitrogens with one attached hydrogen (secondary N) is 1. The van der Waals surface area contributed by atoms with Gasteiger partial charge in [0.15, 0.2) is 0 Å². The summed E-state index contributed by atoms with van der Waals surface area (Å²) in [6.07, 6.45) is 3.01. The standard InChI is InChI=1S/C19H20ClN3O2S/c1-19(2,3)18(25)23-13(4-5-14-6-7-16(20)26-14)11-15(22-23)12-8-9-21-17(24)10-12/h6-11H,4-5H2,1-3H3,(H,21,24). The summed E-state index contributed by atoms with van der Waals surface area (Å²) in [6, 6.07) is 9.01. The minimum absolute atomic E-state index is 0.0761. The van der Waals surface area contributed by atoms with Crippen molar-refractivity contribution in [3.05, 3.63) is 61.8 Å². The van der Waals surface area contributed by atoms with Crippen LogP contribution in [0.25, 0.3) is 11.3 Å². The maximum atomic E-state index is 12.8. The highest BCUT2D eigenvalue weighted by molar-refractivity contribution is 7.16. The zero-order valence-corrected chi connectivity index (χ0v) is 16.4. The fourth-order valence-electron chi connectivity index (χ4n) is 2.57. The highest BCUT2D eigenvalue weighted by Gasteiger charge is 2.26. The molecule has 3 aromatic heterocycles. The van der Waals surface area contributed by atoms with E-state index in [4.69, 9.17) is 11.6 Å². The van der Waals surface area contributed by atoms with E-state index in [1.54, 1.807) is 12.3 Å². The van der Waals surface area contributed by atoms with Crippen molar-refractivity contribution in [2.75, 3.05) is 0 Å². The number of carbonyl (C=O) groups is 1. The first-order valence-electron chi connectivity index (χ1n) is 8.31. The Morgan fingerprint density at radius 1 is 1.23 bits per heavy atom. The molecule has 5 nitrogen and oxygen atoms in total. The molecule has 0 aliphatic rings. The van der Waals surface area contributed by atoms with E-state index in [-0.39, 0.29) is 11.5 Å². The normalized spacial score (nSPS) is 11.7. The minimum Gasteiger partial charge on any atom is -0.329 e. The molecule has 0 saturated heterocycles. The summed E-state index contributed by atoms with van der Waals surface area (Å²) in [5, 5.41) is 4.50. The van der Waals surface area contributed by atoms with E-state index in [2.05, 4.69) is 10.1 Å². The number of hydrogen-bond acceptors (Lipinski definition) is 4. The van der Waals surface area contributed by atoms with E-state index < -0.39 is 5.41 Å². The number of halogens is 1. The van der Waals surface area contributed by atoms with Gasteiger partial charge in [0.25, 0.3) is 5.91 Å². The van der Waals surface area contributed by atoms with Gasteiger partial charge < -0.3 is 4.98 Å². The monoisotopic (exact) mass is 389 g/mol. The van der Waals surface area contributed by atoms with Crippen molar-refractivity contribution < 1.29 is 4.79 Å². The molecule has 0 bridgehead atoms. The first-order valence-corrected chi connectivity index (χ1v) is 9.50. The van der Waals surface area contributed by atoms with Crippen LogP contribution in [0.2, 0.25) is 4.34 Å². The van der Waals surface area contributed by atoms with Crippen LogP contribution in [-0.4, -0.2) is 20.7 Å². The van der Waals surface area contributed by atoms with Gasteiger partial charge in [0.05, 0.1) is 10.0 Å². The number of aromatic amines is 1. The molecular weight excluding hydrogens is 370 g/mol. The molecule has 0 spiro atoms. The first kappa shape index (κ1) is 18.6. The van der Waals surface area contributed by atoms with Crippen molar-refractivity contribution in [1.82, 2.24) is 14.8 Å². The second-order valence-corrected chi connectivity index (χ2v) is 8.93. The molecule has 3 rings (SSSR count). The number of aromatic nitrogens is 3. The number of thiophene rings is 1. The van der Waals surface area contributed by atoms with Gasteiger partial charge in [0, 0.05) is 33.8 Å². The van der Waals surface area contributed by atoms with Gasteiger partial charge in [-0.15, -0.1) is 11.3 Å². The van der Waals surface area contributed by atoms with Crippen LogP contribution in [0.3, 0.4) is 0 Å². The van der Waals surface area contributed by atoms with Crippen LogP contribution in [0.1, 0.15) is 36.1 Å². The van der Waals surface area contributed by atoms with Gasteiger partial charge in [0.1, 0.15) is 0 Å². The molecule has 0 amide bonds. The van der Waals surface area contributed by atoms with Crippen molar-refractivity contribution in [2.45, 2.75) is 33.6 Å². The molecule has 0 saturated carbocycles. The van der Waals surface area contributed by atoms with Gasteiger partial charge in [-0.2, -0.15) is 5.10 Å². The third kappa shape index (κ3) is 4.14. The molecule has 0 aromatic carbocycles. The molecule has 0 atom stereocenters. The zero-order valence-electron chi connectivity index (χ0n) is 14.9. The maximum Gasteiger partial charge on any atom is 0.252 e. The second kappa shape index (κ2) is 7.21. The van der Waals surface area contributed by atoms with E-state index in [1.807, 2.05) is 39.0 Å². The molecule has 136 valence electrons. The van der Waals surface area contributed by atoms with Crippen molar-refractivity contribution in [1.29, 1.82) is 0 Å².